The molecule has 0 aliphatic carbocycles. The van der Waals surface area contributed by atoms with Gasteiger partial charge in [-0.3, -0.25) is 4.90 Å². The number of methoxy groups -OCH3 is 1. The third-order valence-electron chi connectivity index (χ3n) is 4.89. The van der Waals surface area contributed by atoms with E-state index in [1.807, 2.05) is 12.1 Å². The van der Waals surface area contributed by atoms with Crippen LogP contribution in [0.4, 0.5) is 0 Å². The van der Waals surface area contributed by atoms with Crippen molar-refractivity contribution in [2.45, 2.75) is 52.6 Å². The van der Waals surface area contributed by atoms with Crippen LogP contribution in [0.1, 0.15) is 40.2 Å². The summed E-state index contributed by atoms with van der Waals surface area (Å²) in [4.78, 5) is 2.42. The van der Waals surface area contributed by atoms with Gasteiger partial charge in [0.1, 0.15) is 5.75 Å². The predicted molar refractivity (Wildman–Crippen MR) is 90.8 cm³/mol. The third kappa shape index (κ3) is 4.21. The van der Waals surface area contributed by atoms with E-state index < -0.39 is 0 Å². The summed E-state index contributed by atoms with van der Waals surface area (Å²) in [5, 5.41) is 0. The molecule has 0 aliphatic heterocycles. The summed E-state index contributed by atoms with van der Waals surface area (Å²) in [6, 6.07) is 8.63. The van der Waals surface area contributed by atoms with Crippen LogP contribution in [0.25, 0.3) is 0 Å². The highest BCUT2D eigenvalue weighted by molar-refractivity contribution is 5.34. The summed E-state index contributed by atoms with van der Waals surface area (Å²) in [5.41, 5.74) is 7.47. The molecule has 0 fully saturated rings. The molecular formula is C18H32N2O. The van der Waals surface area contributed by atoms with Crippen LogP contribution in [-0.2, 0) is 6.42 Å². The van der Waals surface area contributed by atoms with Crippen LogP contribution in [-0.4, -0.2) is 37.2 Å². The molecule has 0 bridgehead atoms. The van der Waals surface area contributed by atoms with Gasteiger partial charge in [0.25, 0.3) is 0 Å². The van der Waals surface area contributed by atoms with Crippen molar-refractivity contribution in [2.24, 2.45) is 11.1 Å². The number of hydrogen-bond acceptors (Lipinski definition) is 3. The highest BCUT2D eigenvalue weighted by Crippen LogP contribution is 2.31. The second kappa shape index (κ2) is 6.80. The van der Waals surface area contributed by atoms with E-state index in [2.05, 4.69) is 58.7 Å². The fraction of sp³-hybridized carbons (Fsp3) is 0.667. The topological polar surface area (TPSA) is 38.5 Å². The molecule has 0 aliphatic rings. The Morgan fingerprint density at radius 3 is 2.24 bits per heavy atom. The van der Waals surface area contributed by atoms with E-state index >= 15 is 0 Å². The second-order valence-electron chi connectivity index (χ2n) is 7.34. The van der Waals surface area contributed by atoms with Gasteiger partial charge in [-0.1, -0.05) is 39.0 Å². The van der Waals surface area contributed by atoms with Gasteiger partial charge in [-0.25, -0.2) is 0 Å². The summed E-state index contributed by atoms with van der Waals surface area (Å²) in [6.07, 6.45) is 0.879. The highest BCUT2D eigenvalue weighted by atomic mass is 16.5. The van der Waals surface area contributed by atoms with Crippen molar-refractivity contribution in [3.63, 3.8) is 0 Å². The molecule has 0 saturated heterocycles. The number of nitrogens with two attached hydrogens (primary N) is 1. The number of hydrogen-bond donors (Lipinski definition) is 1. The van der Waals surface area contributed by atoms with Crippen molar-refractivity contribution in [2.75, 3.05) is 20.7 Å². The summed E-state index contributed by atoms with van der Waals surface area (Å²) in [6.45, 7) is 11.9. The van der Waals surface area contributed by atoms with Crippen LogP contribution in [0, 0.1) is 5.41 Å². The highest BCUT2D eigenvalue weighted by Gasteiger charge is 2.36. The SMILES string of the molecule is COc1ccccc1CC(C)(CN)N(C)C(C)C(C)(C)C. The van der Waals surface area contributed by atoms with Gasteiger partial charge in [0.15, 0.2) is 0 Å². The van der Waals surface area contributed by atoms with Crippen molar-refractivity contribution in [3.8, 4) is 5.75 Å². The lowest BCUT2D eigenvalue weighted by Crippen LogP contribution is -2.57. The minimum atomic E-state index is -0.0959. The average Bonchev–Trinajstić information content (AvgIpc) is 2.45. The molecule has 2 unspecified atom stereocenters. The average molecular weight is 292 g/mol. The molecule has 1 aromatic carbocycles. The van der Waals surface area contributed by atoms with E-state index in [0.29, 0.717) is 12.6 Å². The van der Waals surface area contributed by atoms with E-state index in [0.717, 1.165) is 12.2 Å². The van der Waals surface area contributed by atoms with E-state index in [1.54, 1.807) is 7.11 Å². The maximum Gasteiger partial charge on any atom is 0.122 e. The van der Waals surface area contributed by atoms with Crippen LogP contribution < -0.4 is 10.5 Å². The first-order valence-electron chi connectivity index (χ1n) is 7.70. The van der Waals surface area contributed by atoms with E-state index in [1.165, 1.54) is 5.56 Å². The second-order valence-corrected chi connectivity index (χ2v) is 7.34. The number of benzene rings is 1. The molecular weight excluding hydrogens is 260 g/mol. The van der Waals surface area contributed by atoms with Gasteiger partial charge in [0, 0.05) is 18.1 Å². The standard InChI is InChI=1S/C18H32N2O/c1-14(17(2,3)4)20(6)18(5,13-19)12-15-10-8-9-11-16(15)21-7/h8-11,14H,12-13,19H2,1-7H3. The molecule has 3 nitrogen and oxygen atoms in total. The molecule has 0 heterocycles. The first-order valence-corrected chi connectivity index (χ1v) is 7.70. The first kappa shape index (κ1) is 18.0. The lowest BCUT2D eigenvalue weighted by Gasteiger charge is -2.46. The maximum atomic E-state index is 6.15. The Hall–Kier alpha value is -1.06. The van der Waals surface area contributed by atoms with E-state index in [9.17, 15) is 0 Å². The summed E-state index contributed by atoms with van der Waals surface area (Å²) >= 11 is 0. The quantitative estimate of drug-likeness (QED) is 0.874. The summed E-state index contributed by atoms with van der Waals surface area (Å²) < 4.78 is 5.48. The molecule has 3 heteroatoms. The van der Waals surface area contributed by atoms with Crippen molar-refractivity contribution >= 4 is 0 Å². The Bertz CT molecular complexity index is 453. The fourth-order valence-electron chi connectivity index (χ4n) is 2.65. The molecule has 0 saturated carbocycles. The lowest BCUT2D eigenvalue weighted by atomic mass is 9.82. The van der Waals surface area contributed by atoms with Gasteiger partial charge in [-0.05, 0) is 44.4 Å². The number of rotatable bonds is 6. The Labute approximate surface area is 130 Å². The van der Waals surface area contributed by atoms with Gasteiger partial charge in [0.2, 0.25) is 0 Å². The van der Waals surface area contributed by atoms with Crippen molar-refractivity contribution in [1.29, 1.82) is 0 Å². The third-order valence-corrected chi connectivity index (χ3v) is 4.89. The fourth-order valence-corrected chi connectivity index (χ4v) is 2.65. The van der Waals surface area contributed by atoms with Gasteiger partial charge in [-0.15, -0.1) is 0 Å². The van der Waals surface area contributed by atoms with Gasteiger partial charge < -0.3 is 10.5 Å². The number of ether oxygens (including phenoxy) is 1. The van der Waals surface area contributed by atoms with Crippen molar-refractivity contribution in [3.05, 3.63) is 29.8 Å². The molecule has 120 valence electrons. The largest absolute Gasteiger partial charge is 0.496 e. The van der Waals surface area contributed by atoms with E-state index in [4.69, 9.17) is 10.5 Å². The maximum absolute atomic E-state index is 6.15. The number of para-hydroxylation sites is 1. The molecule has 1 aromatic rings. The summed E-state index contributed by atoms with van der Waals surface area (Å²) in [5.74, 6) is 0.939. The normalized spacial score (nSPS) is 16.6. The molecule has 0 amide bonds. The first-order chi connectivity index (χ1) is 9.65. The minimum absolute atomic E-state index is 0.0959. The molecule has 2 atom stereocenters. The molecule has 1 rings (SSSR count). The zero-order chi connectivity index (χ0) is 16.3. The zero-order valence-corrected chi connectivity index (χ0v) is 14.7. The van der Waals surface area contributed by atoms with Crippen molar-refractivity contribution < 1.29 is 4.74 Å². The van der Waals surface area contributed by atoms with E-state index in [-0.39, 0.29) is 11.0 Å². The molecule has 21 heavy (non-hydrogen) atoms. The zero-order valence-electron chi connectivity index (χ0n) is 14.7. The smallest absolute Gasteiger partial charge is 0.122 e. The van der Waals surface area contributed by atoms with Crippen LogP contribution in [0.2, 0.25) is 0 Å². The lowest BCUT2D eigenvalue weighted by molar-refractivity contribution is 0.0422. The Kier molecular flexibility index (Phi) is 5.83. The van der Waals surface area contributed by atoms with Crippen LogP contribution in [0.3, 0.4) is 0 Å². The van der Waals surface area contributed by atoms with Gasteiger partial charge in [0.05, 0.1) is 7.11 Å². The van der Waals surface area contributed by atoms with Gasteiger partial charge >= 0.3 is 0 Å². The Morgan fingerprint density at radius 1 is 1.19 bits per heavy atom. The van der Waals surface area contributed by atoms with Crippen LogP contribution in [0.5, 0.6) is 5.75 Å². The van der Waals surface area contributed by atoms with Crippen molar-refractivity contribution in [1.82, 2.24) is 4.90 Å². The number of likely N-dealkylation sites (N-methyl/N-ethyl adjacent to an activating group) is 1. The predicted octanol–water partition coefficient (Wildman–Crippen LogP) is 3.32. The molecule has 2 N–H and O–H groups in total. The molecule has 0 aromatic heterocycles. The Balaban J connectivity index is 3.04. The molecule has 0 radical (unpaired) electrons. The monoisotopic (exact) mass is 292 g/mol. The minimum Gasteiger partial charge on any atom is -0.496 e. The summed E-state index contributed by atoms with van der Waals surface area (Å²) in [7, 11) is 3.90. The van der Waals surface area contributed by atoms with Gasteiger partial charge in [-0.2, -0.15) is 0 Å². The number of nitrogens with zero attached hydrogens (tertiary/aromatic N) is 1. The van der Waals surface area contributed by atoms with Crippen LogP contribution >= 0.6 is 0 Å². The molecule has 0 spiro atoms. The Morgan fingerprint density at radius 2 is 1.76 bits per heavy atom. The van der Waals surface area contributed by atoms with Crippen LogP contribution in [0.15, 0.2) is 24.3 Å².